The van der Waals surface area contributed by atoms with Gasteiger partial charge in [-0.3, -0.25) is 9.59 Å². The molecule has 8 heteroatoms. The topological polar surface area (TPSA) is 86.3 Å². The number of aliphatic hydroxyl groups is 1. The second kappa shape index (κ2) is 7.94. The lowest BCUT2D eigenvalue weighted by atomic mass is 9.94. The molecular weight excluding hydrogens is 477 g/mol. The van der Waals surface area contributed by atoms with Crippen LogP contribution in [0.4, 0.5) is 4.39 Å². The Kier molecular flexibility index (Phi) is 5.22. The van der Waals surface area contributed by atoms with Gasteiger partial charge in [-0.05, 0) is 40.4 Å². The molecule has 1 aliphatic carbocycles. The molecule has 2 heterocycles. The van der Waals surface area contributed by atoms with Crippen LogP contribution in [-0.2, 0) is 23.2 Å². The number of fused-ring (bicyclic) bond motifs is 1. The largest absolute Gasteiger partial charge is 0.378 e. The molecule has 1 saturated carbocycles. The third-order valence-corrected chi connectivity index (χ3v) is 7.03. The van der Waals surface area contributed by atoms with Crippen molar-refractivity contribution in [2.24, 2.45) is 0 Å². The number of aromatic nitrogens is 2. The summed E-state index contributed by atoms with van der Waals surface area (Å²) in [7, 11) is 0. The summed E-state index contributed by atoms with van der Waals surface area (Å²) in [5.41, 5.74) is 1.60. The number of amides is 1. The Bertz CT molecular complexity index is 1260. The monoisotopic (exact) mass is 497 g/mol. The second-order valence-corrected chi connectivity index (χ2v) is 9.20. The highest BCUT2D eigenvalue weighted by Gasteiger charge is 2.48. The van der Waals surface area contributed by atoms with Gasteiger partial charge in [0.25, 0.3) is 11.5 Å². The van der Waals surface area contributed by atoms with E-state index in [1.165, 1.54) is 17.0 Å². The highest BCUT2D eigenvalue weighted by Crippen LogP contribution is 2.51. The van der Waals surface area contributed by atoms with Gasteiger partial charge in [-0.15, -0.1) is 0 Å². The van der Waals surface area contributed by atoms with Crippen LogP contribution in [0.3, 0.4) is 0 Å². The summed E-state index contributed by atoms with van der Waals surface area (Å²) in [6.07, 6.45) is 0.603. The van der Waals surface area contributed by atoms with Crippen LogP contribution in [0.25, 0.3) is 0 Å². The van der Waals surface area contributed by atoms with Crippen LogP contribution >= 0.6 is 15.9 Å². The lowest BCUT2D eigenvalue weighted by Gasteiger charge is -2.30. The Labute approximate surface area is 192 Å². The van der Waals surface area contributed by atoms with Crippen molar-refractivity contribution in [2.45, 2.75) is 37.3 Å². The standard InChI is InChI=1S/C24H21BrFN3O3/c25-17-8-4-7-15(19(17)26)20(30)22(32)29-12-9-18-16(13-29)21(31)28-23(27-18)24(10-11-24)14-5-2-1-3-6-14/h1-8,20,30H,9-13H2,(H,27,28,31). The van der Waals surface area contributed by atoms with Gasteiger partial charge in [0.15, 0.2) is 6.10 Å². The molecule has 5 rings (SSSR count). The fourth-order valence-corrected chi connectivity index (χ4v) is 4.80. The Morgan fingerprint density at radius 1 is 1.19 bits per heavy atom. The molecule has 1 fully saturated rings. The van der Waals surface area contributed by atoms with E-state index in [0.717, 1.165) is 18.4 Å². The van der Waals surface area contributed by atoms with Gasteiger partial charge in [0.1, 0.15) is 11.6 Å². The lowest BCUT2D eigenvalue weighted by Crippen LogP contribution is -2.42. The van der Waals surface area contributed by atoms with E-state index in [1.807, 2.05) is 18.2 Å². The quantitative estimate of drug-likeness (QED) is 0.578. The molecule has 1 aromatic heterocycles. The Hall–Kier alpha value is -2.84. The number of benzene rings is 2. The van der Waals surface area contributed by atoms with Gasteiger partial charge in [-0.2, -0.15) is 0 Å². The van der Waals surface area contributed by atoms with Crippen LogP contribution in [0, 0.1) is 5.82 Å². The van der Waals surface area contributed by atoms with Crippen molar-refractivity contribution in [1.82, 2.24) is 14.9 Å². The molecule has 2 N–H and O–H groups in total. The van der Waals surface area contributed by atoms with E-state index in [2.05, 4.69) is 33.0 Å². The molecule has 0 bridgehead atoms. The zero-order valence-corrected chi connectivity index (χ0v) is 18.7. The van der Waals surface area contributed by atoms with E-state index in [-0.39, 0.29) is 27.6 Å². The average Bonchev–Trinajstić information content (AvgIpc) is 3.62. The molecule has 0 radical (unpaired) electrons. The van der Waals surface area contributed by atoms with Gasteiger partial charge < -0.3 is 15.0 Å². The van der Waals surface area contributed by atoms with Crippen molar-refractivity contribution in [1.29, 1.82) is 0 Å². The number of aliphatic hydroxyl groups excluding tert-OH is 1. The maximum Gasteiger partial charge on any atom is 0.256 e. The first-order chi connectivity index (χ1) is 15.4. The van der Waals surface area contributed by atoms with Gasteiger partial charge in [0, 0.05) is 18.5 Å². The summed E-state index contributed by atoms with van der Waals surface area (Å²) in [5, 5.41) is 10.5. The second-order valence-electron chi connectivity index (χ2n) is 8.34. The molecule has 2 aromatic carbocycles. The maximum atomic E-state index is 14.3. The van der Waals surface area contributed by atoms with Crippen molar-refractivity contribution in [3.8, 4) is 0 Å². The van der Waals surface area contributed by atoms with E-state index in [0.29, 0.717) is 30.0 Å². The van der Waals surface area contributed by atoms with Gasteiger partial charge in [-0.1, -0.05) is 42.5 Å². The van der Waals surface area contributed by atoms with Crippen molar-refractivity contribution in [2.75, 3.05) is 6.54 Å². The fraction of sp³-hybridized carbons (Fsp3) is 0.292. The van der Waals surface area contributed by atoms with Crippen molar-refractivity contribution < 1.29 is 14.3 Å². The predicted molar refractivity (Wildman–Crippen MR) is 119 cm³/mol. The van der Waals surface area contributed by atoms with Crippen LogP contribution in [0.1, 0.15) is 47.2 Å². The Balaban J connectivity index is 1.41. The Morgan fingerprint density at radius 3 is 2.66 bits per heavy atom. The fourth-order valence-electron chi connectivity index (χ4n) is 4.42. The van der Waals surface area contributed by atoms with E-state index in [9.17, 15) is 19.1 Å². The number of nitrogens with zero attached hydrogens (tertiary/aromatic N) is 2. The van der Waals surface area contributed by atoms with Crippen molar-refractivity contribution in [3.63, 3.8) is 0 Å². The number of carbonyl (C=O) groups excluding carboxylic acids is 1. The van der Waals surface area contributed by atoms with E-state index >= 15 is 0 Å². The van der Waals surface area contributed by atoms with Crippen LogP contribution in [-0.4, -0.2) is 32.4 Å². The van der Waals surface area contributed by atoms with Crippen LogP contribution in [0.2, 0.25) is 0 Å². The zero-order chi connectivity index (χ0) is 22.5. The minimum Gasteiger partial charge on any atom is -0.378 e. The number of H-pyrrole nitrogens is 1. The number of hydrogen-bond acceptors (Lipinski definition) is 4. The zero-order valence-electron chi connectivity index (χ0n) is 17.1. The number of hydrogen-bond donors (Lipinski definition) is 2. The summed E-state index contributed by atoms with van der Waals surface area (Å²) in [4.78, 5) is 34.9. The molecular formula is C24H21BrFN3O3. The number of aromatic amines is 1. The highest BCUT2D eigenvalue weighted by molar-refractivity contribution is 9.10. The molecule has 0 spiro atoms. The highest BCUT2D eigenvalue weighted by atomic mass is 79.9. The normalized spacial score (nSPS) is 17.5. The van der Waals surface area contributed by atoms with Crippen molar-refractivity contribution >= 4 is 21.8 Å². The van der Waals surface area contributed by atoms with Crippen molar-refractivity contribution in [3.05, 3.63) is 97.4 Å². The molecule has 1 unspecified atom stereocenters. The summed E-state index contributed by atoms with van der Waals surface area (Å²) < 4.78 is 14.5. The maximum absolute atomic E-state index is 14.3. The number of rotatable bonds is 4. The number of nitrogens with one attached hydrogen (secondary N) is 1. The summed E-state index contributed by atoms with van der Waals surface area (Å²) in [6.45, 7) is 0.328. The van der Waals surface area contributed by atoms with Gasteiger partial charge in [0.05, 0.1) is 27.7 Å². The molecule has 3 aromatic rings. The molecule has 2 aliphatic rings. The smallest absolute Gasteiger partial charge is 0.256 e. The molecule has 32 heavy (non-hydrogen) atoms. The molecule has 1 amide bonds. The predicted octanol–water partition coefficient (Wildman–Crippen LogP) is 3.37. The molecule has 1 atom stereocenters. The van der Waals surface area contributed by atoms with E-state index in [4.69, 9.17) is 4.98 Å². The van der Waals surface area contributed by atoms with Gasteiger partial charge in [0.2, 0.25) is 0 Å². The lowest BCUT2D eigenvalue weighted by molar-refractivity contribution is -0.141. The van der Waals surface area contributed by atoms with E-state index < -0.39 is 17.8 Å². The minimum atomic E-state index is -1.65. The van der Waals surface area contributed by atoms with Crippen LogP contribution < -0.4 is 5.56 Å². The average molecular weight is 498 g/mol. The minimum absolute atomic E-state index is 0.0296. The third kappa shape index (κ3) is 3.47. The summed E-state index contributed by atoms with van der Waals surface area (Å²) in [5.74, 6) is -0.645. The molecule has 6 nitrogen and oxygen atoms in total. The first kappa shape index (κ1) is 21.0. The third-order valence-electron chi connectivity index (χ3n) is 6.42. The molecule has 0 saturated heterocycles. The van der Waals surface area contributed by atoms with Crippen LogP contribution in [0.5, 0.6) is 0 Å². The van der Waals surface area contributed by atoms with Gasteiger partial charge >= 0.3 is 0 Å². The first-order valence-electron chi connectivity index (χ1n) is 10.5. The number of halogens is 2. The summed E-state index contributed by atoms with van der Waals surface area (Å²) >= 11 is 3.07. The van der Waals surface area contributed by atoms with Crippen LogP contribution in [0.15, 0.2) is 57.8 Å². The Morgan fingerprint density at radius 2 is 1.94 bits per heavy atom. The molecule has 164 valence electrons. The van der Waals surface area contributed by atoms with E-state index in [1.54, 1.807) is 6.07 Å². The SMILES string of the molecule is O=C(C(O)c1cccc(Br)c1F)N1CCc2nc(C3(c4ccccc4)CC3)[nH]c(=O)c2C1. The number of carbonyl (C=O) groups is 1. The molecule has 1 aliphatic heterocycles. The van der Waals surface area contributed by atoms with Gasteiger partial charge in [-0.25, -0.2) is 9.37 Å². The summed E-state index contributed by atoms with van der Waals surface area (Å²) in [6, 6.07) is 14.5. The first-order valence-corrected chi connectivity index (χ1v) is 11.3.